The zero-order valence-corrected chi connectivity index (χ0v) is 15.4. The number of rotatable bonds is 7. The monoisotopic (exact) mass is 370 g/mol. The Morgan fingerprint density at radius 3 is 2.81 bits per heavy atom. The fourth-order valence-corrected chi connectivity index (χ4v) is 3.50. The Balaban J connectivity index is 1.73. The highest BCUT2D eigenvalue weighted by molar-refractivity contribution is 5.74. The highest BCUT2D eigenvalue weighted by Crippen LogP contribution is 2.41. The van der Waals surface area contributed by atoms with Crippen LogP contribution in [0.15, 0.2) is 28.9 Å². The maximum Gasteiger partial charge on any atom is 0.245 e. The number of nitrogens with one attached hydrogen (secondary N) is 1. The van der Waals surface area contributed by atoms with Crippen molar-refractivity contribution >= 4 is 22.9 Å². The number of nitrogens with zero attached hydrogens (tertiary/aromatic N) is 5. The number of benzene rings is 1. The average Bonchev–Trinajstić information content (AvgIpc) is 3.36. The Bertz CT molecular complexity index is 915. The van der Waals surface area contributed by atoms with Gasteiger partial charge < -0.3 is 19.7 Å². The van der Waals surface area contributed by atoms with E-state index < -0.39 is 0 Å². The largest absolute Gasteiger partial charge is 0.496 e. The van der Waals surface area contributed by atoms with Gasteiger partial charge in [0.2, 0.25) is 11.3 Å². The van der Waals surface area contributed by atoms with Crippen LogP contribution in [0.1, 0.15) is 24.4 Å². The summed E-state index contributed by atoms with van der Waals surface area (Å²) in [4.78, 5) is 11.5. The van der Waals surface area contributed by atoms with Crippen LogP contribution < -0.4 is 15.0 Å². The smallest absolute Gasteiger partial charge is 0.245 e. The summed E-state index contributed by atoms with van der Waals surface area (Å²) in [6.45, 7) is 2.04. The second-order valence-corrected chi connectivity index (χ2v) is 6.32. The van der Waals surface area contributed by atoms with Gasteiger partial charge in [0.25, 0.3) is 0 Å². The van der Waals surface area contributed by atoms with Crippen molar-refractivity contribution in [2.75, 3.05) is 44.1 Å². The molecule has 1 aliphatic rings. The minimum absolute atomic E-state index is 0.149. The topological polar surface area (TPSA) is 98.4 Å². The van der Waals surface area contributed by atoms with Crippen molar-refractivity contribution in [1.29, 1.82) is 0 Å². The summed E-state index contributed by atoms with van der Waals surface area (Å²) in [5.74, 6) is 2.26. The quantitative estimate of drug-likeness (QED) is 0.629. The van der Waals surface area contributed by atoms with Gasteiger partial charge in [0, 0.05) is 25.8 Å². The minimum atomic E-state index is 0.149. The fraction of sp³-hybridized carbons (Fsp3) is 0.444. The van der Waals surface area contributed by atoms with Crippen LogP contribution in [-0.2, 0) is 4.74 Å². The third-order valence-electron chi connectivity index (χ3n) is 4.72. The van der Waals surface area contributed by atoms with Crippen molar-refractivity contribution in [3.63, 3.8) is 0 Å². The molecule has 9 heteroatoms. The first-order chi connectivity index (χ1) is 13.3. The molecule has 1 fully saturated rings. The first-order valence-electron chi connectivity index (χ1n) is 8.94. The van der Waals surface area contributed by atoms with E-state index in [1.807, 2.05) is 18.2 Å². The molecule has 3 aromatic rings. The fourth-order valence-electron chi connectivity index (χ4n) is 3.50. The lowest BCUT2D eigenvalue weighted by molar-refractivity contribution is 0.210. The summed E-state index contributed by atoms with van der Waals surface area (Å²) in [6.07, 6.45) is 2.06. The number of hydrogen-bond donors (Lipinski definition) is 1. The van der Waals surface area contributed by atoms with E-state index in [1.54, 1.807) is 14.2 Å². The van der Waals surface area contributed by atoms with Crippen LogP contribution in [0.25, 0.3) is 11.3 Å². The molecule has 0 amide bonds. The van der Waals surface area contributed by atoms with Crippen LogP contribution in [0.4, 0.5) is 11.6 Å². The first-order valence-corrected chi connectivity index (χ1v) is 8.94. The summed E-state index contributed by atoms with van der Waals surface area (Å²) < 4.78 is 15.5. The predicted molar refractivity (Wildman–Crippen MR) is 100 cm³/mol. The van der Waals surface area contributed by atoms with Crippen LogP contribution in [0.2, 0.25) is 0 Å². The molecule has 4 rings (SSSR count). The van der Waals surface area contributed by atoms with Gasteiger partial charge in [-0.05, 0) is 29.2 Å². The molecular weight excluding hydrogens is 348 g/mol. The second kappa shape index (κ2) is 7.75. The van der Waals surface area contributed by atoms with E-state index in [0.29, 0.717) is 30.3 Å². The minimum Gasteiger partial charge on any atom is -0.496 e. The van der Waals surface area contributed by atoms with Crippen molar-refractivity contribution in [2.45, 2.75) is 18.9 Å². The van der Waals surface area contributed by atoms with Gasteiger partial charge in [0.1, 0.15) is 5.75 Å². The van der Waals surface area contributed by atoms with Crippen molar-refractivity contribution in [3.8, 4) is 5.75 Å². The predicted octanol–water partition coefficient (Wildman–Crippen LogP) is 2.42. The van der Waals surface area contributed by atoms with Gasteiger partial charge in [0.05, 0.1) is 19.8 Å². The van der Waals surface area contributed by atoms with Crippen LogP contribution >= 0.6 is 0 Å². The molecule has 27 heavy (non-hydrogen) atoms. The average molecular weight is 370 g/mol. The molecule has 0 saturated carbocycles. The molecule has 9 nitrogen and oxygen atoms in total. The lowest BCUT2D eigenvalue weighted by atomic mass is 10.0. The molecule has 0 spiro atoms. The maximum absolute atomic E-state index is 5.58. The molecule has 0 aliphatic carbocycles. The number of anilines is 2. The number of aromatic nitrogens is 4. The van der Waals surface area contributed by atoms with Crippen LogP contribution in [0, 0.1) is 0 Å². The maximum atomic E-state index is 5.58. The number of ether oxygens (including phenoxy) is 2. The van der Waals surface area contributed by atoms with E-state index in [0.717, 1.165) is 36.5 Å². The SMILES string of the molecule is COCCNc1nc2nonc2nc1N1CCC[C@H]1c1ccccc1OC. The zero-order chi connectivity index (χ0) is 18.6. The molecule has 142 valence electrons. The Labute approximate surface area is 156 Å². The van der Waals surface area contributed by atoms with E-state index in [9.17, 15) is 0 Å². The van der Waals surface area contributed by atoms with Crippen molar-refractivity contribution in [3.05, 3.63) is 29.8 Å². The third-order valence-corrected chi connectivity index (χ3v) is 4.72. The Morgan fingerprint density at radius 2 is 2.00 bits per heavy atom. The molecule has 1 atom stereocenters. The molecule has 1 aliphatic heterocycles. The van der Waals surface area contributed by atoms with Crippen LogP contribution in [-0.4, -0.2) is 54.2 Å². The zero-order valence-electron chi connectivity index (χ0n) is 15.4. The van der Waals surface area contributed by atoms with E-state index in [4.69, 9.17) is 14.1 Å². The van der Waals surface area contributed by atoms with Crippen LogP contribution in [0.3, 0.4) is 0 Å². The second-order valence-electron chi connectivity index (χ2n) is 6.32. The van der Waals surface area contributed by atoms with Crippen molar-refractivity contribution in [2.24, 2.45) is 0 Å². The molecular formula is C18H22N6O3. The van der Waals surface area contributed by atoms with Gasteiger partial charge in [0.15, 0.2) is 11.6 Å². The molecule has 0 radical (unpaired) electrons. The summed E-state index contributed by atoms with van der Waals surface area (Å²) in [5, 5.41) is 11.0. The van der Waals surface area contributed by atoms with E-state index in [1.165, 1.54) is 0 Å². The summed E-state index contributed by atoms with van der Waals surface area (Å²) in [5.41, 5.74) is 1.92. The Hall–Kier alpha value is -2.94. The molecule has 2 aromatic heterocycles. The normalized spacial score (nSPS) is 16.8. The highest BCUT2D eigenvalue weighted by atomic mass is 16.6. The van der Waals surface area contributed by atoms with Gasteiger partial charge in [-0.3, -0.25) is 0 Å². The van der Waals surface area contributed by atoms with Gasteiger partial charge in [-0.15, -0.1) is 0 Å². The number of methoxy groups -OCH3 is 2. The van der Waals surface area contributed by atoms with Crippen molar-refractivity contribution in [1.82, 2.24) is 20.3 Å². The van der Waals surface area contributed by atoms with E-state index in [-0.39, 0.29) is 6.04 Å². The lowest BCUT2D eigenvalue weighted by Gasteiger charge is -2.28. The highest BCUT2D eigenvalue weighted by Gasteiger charge is 2.32. The molecule has 1 aromatic carbocycles. The molecule has 0 unspecified atom stereocenters. The number of fused-ring (bicyclic) bond motifs is 1. The Kier molecular flexibility index (Phi) is 5.01. The van der Waals surface area contributed by atoms with E-state index in [2.05, 4.69) is 36.6 Å². The summed E-state index contributed by atoms with van der Waals surface area (Å²) in [7, 11) is 3.36. The summed E-state index contributed by atoms with van der Waals surface area (Å²) >= 11 is 0. The van der Waals surface area contributed by atoms with E-state index >= 15 is 0 Å². The molecule has 1 saturated heterocycles. The van der Waals surface area contributed by atoms with Gasteiger partial charge in [-0.25, -0.2) is 14.6 Å². The number of hydrogen-bond acceptors (Lipinski definition) is 9. The Morgan fingerprint density at radius 1 is 1.19 bits per heavy atom. The first kappa shape index (κ1) is 17.5. The molecule has 1 N–H and O–H groups in total. The standard InChI is InChI=1S/C18H22N6O3/c1-25-11-9-19-17-18(21-16-15(20-17)22-27-23-16)24-10-5-7-13(24)12-6-3-4-8-14(12)26-2/h3-4,6,8,13H,5,7,9-11H2,1-2H3,(H,19,20,22)/t13-/m0/s1. The number of para-hydroxylation sites is 1. The van der Waals surface area contributed by atoms with Gasteiger partial charge >= 0.3 is 0 Å². The van der Waals surface area contributed by atoms with Gasteiger partial charge in [-0.2, -0.15) is 0 Å². The summed E-state index contributed by atoms with van der Waals surface area (Å²) in [6, 6.07) is 8.24. The lowest BCUT2D eigenvalue weighted by Crippen LogP contribution is -2.26. The van der Waals surface area contributed by atoms with Crippen molar-refractivity contribution < 1.29 is 14.1 Å². The molecule has 3 heterocycles. The molecule has 0 bridgehead atoms. The van der Waals surface area contributed by atoms with Crippen LogP contribution in [0.5, 0.6) is 5.75 Å². The third kappa shape index (κ3) is 3.37. The van der Waals surface area contributed by atoms with Gasteiger partial charge in [-0.1, -0.05) is 18.2 Å².